The summed E-state index contributed by atoms with van der Waals surface area (Å²) in [6, 6.07) is 13.1. The molecule has 0 aliphatic rings. The highest BCUT2D eigenvalue weighted by Gasteiger charge is 2.26. The molecule has 9 heteroatoms. The van der Waals surface area contributed by atoms with Crippen molar-refractivity contribution in [1.82, 2.24) is 14.8 Å². The first kappa shape index (κ1) is 19.5. The van der Waals surface area contributed by atoms with Gasteiger partial charge in [-0.25, -0.2) is 9.67 Å². The Balaban J connectivity index is 1.55. The summed E-state index contributed by atoms with van der Waals surface area (Å²) in [5, 5.41) is 9.19. The third kappa shape index (κ3) is 3.87. The number of ketones is 1. The lowest BCUT2D eigenvalue weighted by Gasteiger charge is -2.05. The number of anilines is 1. The van der Waals surface area contributed by atoms with E-state index in [1.54, 1.807) is 24.6 Å². The maximum absolute atomic E-state index is 12.8. The molecular formula is C20H15ClN4O2S2. The second-order valence-corrected chi connectivity index (χ2v) is 8.79. The lowest BCUT2D eigenvalue weighted by Crippen LogP contribution is -2.24. The van der Waals surface area contributed by atoms with Gasteiger partial charge in [0, 0.05) is 5.38 Å². The van der Waals surface area contributed by atoms with Crippen LogP contribution in [0.1, 0.15) is 21.7 Å². The average Bonchev–Trinajstić information content (AvgIpc) is 3.41. The quantitative estimate of drug-likeness (QED) is 0.342. The highest BCUT2D eigenvalue weighted by molar-refractivity contribution is 7.20. The molecule has 1 N–H and O–H groups in total. The van der Waals surface area contributed by atoms with Crippen molar-refractivity contribution in [3.8, 4) is 16.3 Å². The van der Waals surface area contributed by atoms with Crippen LogP contribution in [-0.4, -0.2) is 26.5 Å². The van der Waals surface area contributed by atoms with Crippen LogP contribution >= 0.6 is 34.3 Å². The number of rotatable bonds is 5. The Labute approximate surface area is 179 Å². The molecule has 0 aliphatic carbocycles. The molecule has 0 spiro atoms. The smallest absolute Gasteiger partial charge is 0.295 e. The minimum Gasteiger partial charge on any atom is -0.295 e. The number of carbonyl (C=O) groups excluding carboxylic acids is 2. The molecule has 3 heterocycles. The number of hydrogen-bond acceptors (Lipinski definition) is 6. The highest BCUT2D eigenvalue weighted by atomic mass is 35.5. The SMILES string of the molecule is Cc1nn(-c2ccccc2)c(C)c1C(=O)C(=O)Nc1nc(-c2ccc(Cl)s2)cs1. The van der Waals surface area contributed by atoms with Gasteiger partial charge in [-0.1, -0.05) is 29.8 Å². The fraction of sp³-hybridized carbons (Fsp3) is 0.100. The Hall–Kier alpha value is -2.81. The maximum Gasteiger partial charge on any atom is 0.298 e. The van der Waals surface area contributed by atoms with Gasteiger partial charge in [-0.2, -0.15) is 5.10 Å². The number of thiazole rings is 1. The molecule has 4 aromatic rings. The van der Waals surface area contributed by atoms with Crippen molar-refractivity contribution in [3.05, 3.63) is 69.1 Å². The van der Waals surface area contributed by atoms with E-state index in [1.807, 2.05) is 41.8 Å². The van der Waals surface area contributed by atoms with Gasteiger partial charge in [0.05, 0.1) is 37.5 Å². The van der Waals surface area contributed by atoms with Crippen molar-refractivity contribution in [2.75, 3.05) is 5.32 Å². The number of benzene rings is 1. The summed E-state index contributed by atoms with van der Waals surface area (Å²) in [7, 11) is 0. The van der Waals surface area contributed by atoms with Crippen LogP contribution in [-0.2, 0) is 4.79 Å². The second-order valence-electron chi connectivity index (χ2n) is 6.22. The van der Waals surface area contributed by atoms with Gasteiger partial charge >= 0.3 is 0 Å². The summed E-state index contributed by atoms with van der Waals surface area (Å²) in [5.74, 6) is -1.38. The van der Waals surface area contributed by atoms with Crippen LogP contribution in [0.15, 0.2) is 47.8 Å². The predicted molar refractivity (Wildman–Crippen MR) is 116 cm³/mol. The number of amides is 1. The molecule has 4 rings (SSSR count). The van der Waals surface area contributed by atoms with Crippen LogP contribution in [0.25, 0.3) is 16.3 Å². The number of para-hydroxylation sites is 1. The zero-order valence-electron chi connectivity index (χ0n) is 15.5. The predicted octanol–water partition coefficient (Wildman–Crippen LogP) is 5.15. The Morgan fingerprint density at radius 2 is 1.86 bits per heavy atom. The number of halogens is 1. The summed E-state index contributed by atoms with van der Waals surface area (Å²) in [4.78, 5) is 30.6. The maximum atomic E-state index is 12.8. The fourth-order valence-electron chi connectivity index (χ4n) is 2.96. The zero-order chi connectivity index (χ0) is 20.5. The third-order valence-corrected chi connectivity index (χ3v) is 6.29. The summed E-state index contributed by atoms with van der Waals surface area (Å²) in [6.07, 6.45) is 0. The van der Waals surface area contributed by atoms with Crippen LogP contribution in [0.4, 0.5) is 5.13 Å². The van der Waals surface area contributed by atoms with E-state index in [2.05, 4.69) is 15.4 Å². The average molecular weight is 443 g/mol. The Bertz CT molecular complexity index is 1210. The van der Waals surface area contributed by atoms with Gasteiger partial charge in [0.1, 0.15) is 0 Å². The van der Waals surface area contributed by atoms with E-state index < -0.39 is 11.7 Å². The van der Waals surface area contributed by atoms with E-state index in [9.17, 15) is 9.59 Å². The topological polar surface area (TPSA) is 76.9 Å². The van der Waals surface area contributed by atoms with Crippen molar-refractivity contribution in [2.24, 2.45) is 0 Å². The molecule has 0 unspecified atom stereocenters. The van der Waals surface area contributed by atoms with Crippen molar-refractivity contribution in [2.45, 2.75) is 13.8 Å². The monoisotopic (exact) mass is 442 g/mol. The number of nitrogens with zero attached hydrogens (tertiary/aromatic N) is 3. The summed E-state index contributed by atoms with van der Waals surface area (Å²) in [5.41, 5.74) is 2.94. The van der Waals surface area contributed by atoms with Crippen molar-refractivity contribution in [1.29, 1.82) is 0 Å². The van der Waals surface area contributed by atoms with Gasteiger partial charge in [-0.3, -0.25) is 14.9 Å². The van der Waals surface area contributed by atoms with E-state index in [4.69, 9.17) is 11.6 Å². The third-order valence-electron chi connectivity index (χ3n) is 4.28. The summed E-state index contributed by atoms with van der Waals surface area (Å²) < 4.78 is 2.33. The lowest BCUT2D eigenvalue weighted by molar-refractivity contribution is -0.112. The standard InChI is InChI=1S/C20H15ClN4O2S2/c1-11-17(12(2)25(24-11)13-6-4-3-5-7-13)18(26)19(27)23-20-22-14(10-28-20)15-8-9-16(21)29-15/h3-10H,1-2H3,(H,22,23,27). The van der Waals surface area contributed by atoms with Gasteiger partial charge in [0.2, 0.25) is 0 Å². The molecule has 3 aromatic heterocycles. The normalized spacial score (nSPS) is 10.9. The van der Waals surface area contributed by atoms with Gasteiger partial charge in [0.25, 0.3) is 11.7 Å². The van der Waals surface area contributed by atoms with Gasteiger partial charge < -0.3 is 0 Å². The van der Waals surface area contributed by atoms with Gasteiger partial charge in [-0.15, -0.1) is 22.7 Å². The van der Waals surface area contributed by atoms with E-state index >= 15 is 0 Å². The minimum absolute atomic E-state index is 0.299. The number of carbonyl (C=O) groups is 2. The first-order chi connectivity index (χ1) is 13.9. The summed E-state index contributed by atoms with van der Waals surface area (Å²) in [6.45, 7) is 3.49. The van der Waals surface area contributed by atoms with Crippen LogP contribution in [0, 0.1) is 13.8 Å². The molecule has 0 radical (unpaired) electrons. The number of thiophene rings is 1. The zero-order valence-corrected chi connectivity index (χ0v) is 17.9. The number of hydrogen-bond donors (Lipinski definition) is 1. The highest BCUT2D eigenvalue weighted by Crippen LogP contribution is 2.33. The van der Waals surface area contributed by atoms with Crippen molar-refractivity contribution in [3.63, 3.8) is 0 Å². The fourth-order valence-corrected chi connectivity index (χ4v) is 4.74. The summed E-state index contributed by atoms with van der Waals surface area (Å²) >= 11 is 8.61. The molecule has 0 aliphatic heterocycles. The molecule has 0 saturated carbocycles. The molecule has 0 atom stereocenters. The van der Waals surface area contributed by atoms with E-state index in [-0.39, 0.29) is 0 Å². The number of aryl methyl sites for hydroxylation is 1. The lowest BCUT2D eigenvalue weighted by atomic mass is 10.1. The molecule has 6 nitrogen and oxygen atoms in total. The Kier molecular flexibility index (Phi) is 5.31. The number of nitrogens with one attached hydrogen (secondary N) is 1. The van der Waals surface area contributed by atoms with Crippen LogP contribution in [0.3, 0.4) is 0 Å². The van der Waals surface area contributed by atoms with Crippen LogP contribution in [0.2, 0.25) is 4.34 Å². The molecule has 1 aromatic carbocycles. The largest absolute Gasteiger partial charge is 0.298 e. The van der Waals surface area contributed by atoms with E-state index in [0.29, 0.717) is 32.1 Å². The first-order valence-corrected chi connectivity index (χ1v) is 10.7. The van der Waals surface area contributed by atoms with E-state index in [1.165, 1.54) is 22.7 Å². The number of Topliss-reactive ketones (excluding diaryl/α,β-unsaturated/α-hetero) is 1. The second kappa shape index (κ2) is 7.90. The first-order valence-electron chi connectivity index (χ1n) is 8.62. The molecular weight excluding hydrogens is 428 g/mol. The van der Waals surface area contributed by atoms with Crippen molar-refractivity contribution < 1.29 is 9.59 Å². The number of aromatic nitrogens is 3. The van der Waals surface area contributed by atoms with Gasteiger partial charge in [0.15, 0.2) is 5.13 Å². The van der Waals surface area contributed by atoms with Crippen LogP contribution in [0.5, 0.6) is 0 Å². The van der Waals surface area contributed by atoms with Crippen LogP contribution < -0.4 is 5.32 Å². The molecule has 0 bridgehead atoms. The van der Waals surface area contributed by atoms with E-state index in [0.717, 1.165) is 10.6 Å². The Morgan fingerprint density at radius 1 is 1.10 bits per heavy atom. The molecule has 0 saturated heterocycles. The minimum atomic E-state index is -0.742. The molecule has 1 amide bonds. The van der Waals surface area contributed by atoms with Gasteiger partial charge in [-0.05, 0) is 38.1 Å². The van der Waals surface area contributed by atoms with Crippen molar-refractivity contribution >= 4 is 51.1 Å². The molecule has 146 valence electrons. The Morgan fingerprint density at radius 3 is 2.55 bits per heavy atom. The molecule has 0 fully saturated rings. The molecule has 29 heavy (non-hydrogen) atoms.